The molecule has 6 rings (SSSR count). The Morgan fingerprint density at radius 3 is 2.34 bits per heavy atom. The van der Waals surface area contributed by atoms with Gasteiger partial charge in [0.2, 0.25) is 0 Å². The molecule has 11 heteroatoms. The molecule has 47 heavy (non-hydrogen) atoms. The molecule has 238 valence electrons. The molecule has 2 heterocycles. The molecule has 0 aliphatic carbocycles. The Balaban J connectivity index is 1.48. The monoisotopic (exact) mass is 792 g/mol. The van der Waals surface area contributed by atoms with Crippen LogP contribution in [-0.4, -0.2) is 24.3 Å². The van der Waals surface area contributed by atoms with E-state index in [0.717, 1.165) is 22.3 Å². The standard InChI is InChI=1S/C36H27Br2ClN2O5S/c1-3-45-35(43)30-31(22-9-5-4-6-10-22)40-36-41(32(30)23-13-15-25(44-2)16-14-23)34(42)29(47-36)19-21-17-26(37)33(27(38)18-21)46-20-24-11-7-8-12-28(24)39/h4-19,32H,3,20H2,1-2H3/b29-19-/t32-/m1/s1. The molecule has 1 aliphatic heterocycles. The Bertz CT molecular complexity index is 2160. The fraction of sp³-hybridized carbons (Fsp3) is 0.139. The number of hydrogen-bond donors (Lipinski definition) is 0. The van der Waals surface area contributed by atoms with E-state index in [0.29, 0.717) is 40.5 Å². The van der Waals surface area contributed by atoms with Crippen molar-refractivity contribution in [2.75, 3.05) is 13.7 Å². The number of nitrogens with zero attached hydrogens (tertiary/aromatic N) is 2. The van der Waals surface area contributed by atoms with Crippen LogP contribution in [-0.2, 0) is 16.1 Å². The highest BCUT2D eigenvalue weighted by atomic mass is 79.9. The van der Waals surface area contributed by atoms with Gasteiger partial charge in [-0.1, -0.05) is 83.6 Å². The first-order valence-electron chi connectivity index (χ1n) is 14.6. The number of hydrogen-bond acceptors (Lipinski definition) is 7. The largest absolute Gasteiger partial charge is 0.497 e. The van der Waals surface area contributed by atoms with Crippen LogP contribution in [0.25, 0.3) is 11.8 Å². The lowest BCUT2D eigenvalue weighted by molar-refractivity contribution is -0.138. The van der Waals surface area contributed by atoms with E-state index in [1.807, 2.05) is 78.9 Å². The van der Waals surface area contributed by atoms with Gasteiger partial charge in [0.05, 0.1) is 44.5 Å². The van der Waals surface area contributed by atoms with Gasteiger partial charge >= 0.3 is 5.97 Å². The van der Waals surface area contributed by atoms with Crippen molar-refractivity contribution in [1.82, 2.24) is 4.57 Å². The predicted octanol–water partition coefficient (Wildman–Crippen LogP) is 7.70. The Hall–Kier alpha value is -3.96. The third kappa shape index (κ3) is 6.87. The van der Waals surface area contributed by atoms with Gasteiger partial charge in [-0.2, -0.15) is 0 Å². The zero-order valence-electron chi connectivity index (χ0n) is 25.2. The number of halogens is 3. The first-order chi connectivity index (χ1) is 22.8. The average Bonchev–Trinajstić information content (AvgIpc) is 3.38. The van der Waals surface area contributed by atoms with E-state index >= 15 is 0 Å². The van der Waals surface area contributed by atoms with E-state index in [1.54, 1.807) is 36.8 Å². The van der Waals surface area contributed by atoms with Crippen molar-refractivity contribution in [3.05, 3.63) is 152 Å². The molecule has 4 aromatic carbocycles. The Morgan fingerprint density at radius 1 is 1.00 bits per heavy atom. The second-order valence-electron chi connectivity index (χ2n) is 10.4. The summed E-state index contributed by atoms with van der Waals surface area (Å²) in [7, 11) is 1.59. The molecule has 0 fully saturated rings. The first-order valence-corrected chi connectivity index (χ1v) is 17.3. The molecule has 1 aliphatic rings. The van der Waals surface area contributed by atoms with Crippen LogP contribution in [0.1, 0.15) is 35.2 Å². The normalized spacial score (nSPS) is 14.4. The molecule has 0 bridgehead atoms. The molecule has 5 aromatic rings. The molecule has 0 saturated carbocycles. The number of esters is 1. The van der Waals surface area contributed by atoms with Gasteiger partial charge < -0.3 is 14.2 Å². The van der Waals surface area contributed by atoms with Crippen LogP contribution in [0.2, 0.25) is 5.02 Å². The Morgan fingerprint density at radius 2 is 1.68 bits per heavy atom. The second-order valence-corrected chi connectivity index (χ2v) is 13.5. The molecular weight excluding hydrogens is 768 g/mol. The van der Waals surface area contributed by atoms with Crippen molar-refractivity contribution in [2.24, 2.45) is 4.99 Å². The van der Waals surface area contributed by atoms with Crippen molar-refractivity contribution >= 4 is 72.5 Å². The molecule has 7 nitrogen and oxygen atoms in total. The molecule has 0 radical (unpaired) electrons. The van der Waals surface area contributed by atoms with Crippen molar-refractivity contribution in [1.29, 1.82) is 0 Å². The topological polar surface area (TPSA) is 79.1 Å². The number of aromatic nitrogens is 1. The summed E-state index contributed by atoms with van der Waals surface area (Å²) in [6.07, 6.45) is 1.80. The van der Waals surface area contributed by atoms with Crippen molar-refractivity contribution in [3.8, 4) is 11.5 Å². The van der Waals surface area contributed by atoms with E-state index in [-0.39, 0.29) is 24.3 Å². The number of carbonyl (C=O) groups is 1. The molecule has 1 aromatic heterocycles. The van der Waals surface area contributed by atoms with Crippen LogP contribution < -0.4 is 24.4 Å². The lowest BCUT2D eigenvalue weighted by Crippen LogP contribution is -2.40. The molecule has 0 spiro atoms. The number of benzene rings is 4. The first kappa shape index (κ1) is 33.0. The molecule has 1 atom stereocenters. The van der Waals surface area contributed by atoms with E-state index in [9.17, 15) is 9.59 Å². The summed E-state index contributed by atoms with van der Waals surface area (Å²) < 4.78 is 20.4. The lowest BCUT2D eigenvalue weighted by atomic mass is 9.93. The van der Waals surface area contributed by atoms with Gasteiger partial charge in [-0.15, -0.1) is 0 Å². The number of fused-ring (bicyclic) bond motifs is 1. The van der Waals surface area contributed by atoms with E-state index < -0.39 is 12.0 Å². The van der Waals surface area contributed by atoms with Crippen LogP contribution in [0.5, 0.6) is 11.5 Å². The third-order valence-corrected chi connectivity index (χ3v) is 9.98. The minimum atomic E-state index is -0.785. The maximum Gasteiger partial charge on any atom is 0.338 e. The summed E-state index contributed by atoms with van der Waals surface area (Å²) in [6.45, 7) is 2.21. The van der Waals surface area contributed by atoms with Crippen molar-refractivity contribution in [3.63, 3.8) is 0 Å². The van der Waals surface area contributed by atoms with Gasteiger partial charge in [0.15, 0.2) is 4.80 Å². The molecule has 0 amide bonds. The van der Waals surface area contributed by atoms with Gasteiger partial charge in [-0.25, -0.2) is 9.79 Å². The van der Waals surface area contributed by atoms with Crippen LogP contribution in [0.4, 0.5) is 0 Å². The van der Waals surface area contributed by atoms with E-state index in [1.165, 1.54) is 11.3 Å². The lowest BCUT2D eigenvalue weighted by Gasteiger charge is -2.26. The number of ether oxygens (including phenoxy) is 3. The predicted molar refractivity (Wildman–Crippen MR) is 192 cm³/mol. The van der Waals surface area contributed by atoms with Crippen LogP contribution in [0.15, 0.2) is 115 Å². The maximum atomic E-state index is 14.2. The van der Waals surface area contributed by atoms with Crippen LogP contribution in [0.3, 0.4) is 0 Å². The summed E-state index contributed by atoms with van der Waals surface area (Å²) >= 11 is 14.8. The van der Waals surface area contributed by atoms with Crippen LogP contribution >= 0.6 is 54.8 Å². The Kier molecular flexibility index (Phi) is 10.1. The summed E-state index contributed by atoms with van der Waals surface area (Å²) in [6, 6.07) is 27.2. The fourth-order valence-corrected chi connectivity index (χ4v) is 7.90. The summed E-state index contributed by atoms with van der Waals surface area (Å²) in [4.78, 5) is 33.3. The zero-order valence-corrected chi connectivity index (χ0v) is 30.0. The highest BCUT2D eigenvalue weighted by molar-refractivity contribution is 9.11. The SMILES string of the molecule is CCOC(=O)C1=C(c2ccccc2)N=c2s/c(=C\c3cc(Br)c(OCc4ccccc4Cl)c(Br)c3)c(=O)n2[C@@H]1c1ccc(OC)cc1. The summed E-state index contributed by atoms with van der Waals surface area (Å²) in [5, 5.41) is 0.626. The zero-order chi connectivity index (χ0) is 33.1. The van der Waals surface area contributed by atoms with Gasteiger partial charge in [0.25, 0.3) is 5.56 Å². The fourth-order valence-electron chi connectivity index (χ4n) is 5.26. The van der Waals surface area contributed by atoms with Gasteiger partial charge in [0, 0.05) is 16.1 Å². The third-order valence-electron chi connectivity index (χ3n) is 7.45. The van der Waals surface area contributed by atoms with Gasteiger partial charge in [0.1, 0.15) is 18.1 Å². The number of rotatable bonds is 9. The minimum Gasteiger partial charge on any atom is -0.497 e. The highest BCUT2D eigenvalue weighted by Crippen LogP contribution is 2.37. The molecular formula is C36H27Br2ClN2O5S. The van der Waals surface area contributed by atoms with Crippen molar-refractivity contribution in [2.45, 2.75) is 19.6 Å². The smallest absolute Gasteiger partial charge is 0.338 e. The summed E-state index contributed by atoms with van der Waals surface area (Å²) in [5.74, 6) is 0.724. The average molecular weight is 795 g/mol. The van der Waals surface area contributed by atoms with E-state index in [2.05, 4.69) is 31.9 Å². The van der Waals surface area contributed by atoms with Crippen LogP contribution in [0, 0.1) is 0 Å². The van der Waals surface area contributed by atoms with Crippen molar-refractivity contribution < 1.29 is 19.0 Å². The maximum absolute atomic E-state index is 14.2. The minimum absolute atomic E-state index is 0.173. The Labute approximate surface area is 296 Å². The quantitative estimate of drug-likeness (QED) is 0.143. The number of thiazole rings is 1. The number of carbonyl (C=O) groups excluding carboxylic acids is 1. The molecule has 0 saturated heterocycles. The van der Waals surface area contributed by atoms with Gasteiger partial charge in [-0.3, -0.25) is 9.36 Å². The van der Waals surface area contributed by atoms with E-state index in [4.69, 9.17) is 30.8 Å². The summed E-state index contributed by atoms with van der Waals surface area (Å²) in [5.41, 5.74) is 3.54. The molecule has 0 unspecified atom stereocenters. The molecule has 0 N–H and O–H groups in total. The highest BCUT2D eigenvalue weighted by Gasteiger charge is 2.35. The second kappa shape index (κ2) is 14.4. The van der Waals surface area contributed by atoms with Gasteiger partial charge in [-0.05, 0) is 86.3 Å². The number of methoxy groups -OCH3 is 1.